The van der Waals surface area contributed by atoms with Crippen molar-refractivity contribution in [3.05, 3.63) is 53.6 Å². The van der Waals surface area contributed by atoms with Gasteiger partial charge in [0.15, 0.2) is 0 Å². The van der Waals surface area contributed by atoms with Gasteiger partial charge in [-0.3, -0.25) is 0 Å². The van der Waals surface area contributed by atoms with Gasteiger partial charge in [0.1, 0.15) is 12.1 Å². The molecule has 18 heavy (non-hydrogen) atoms. The van der Waals surface area contributed by atoms with Crippen molar-refractivity contribution in [1.82, 2.24) is 9.97 Å². The van der Waals surface area contributed by atoms with Gasteiger partial charge >= 0.3 is 0 Å². The second kappa shape index (κ2) is 5.96. The molecule has 2 aromatic rings. The minimum absolute atomic E-state index is 0.881. The number of methoxy groups -OCH3 is 1. The molecule has 0 saturated carbocycles. The fourth-order valence-corrected chi connectivity index (χ4v) is 1.69. The van der Waals surface area contributed by atoms with E-state index in [4.69, 9.17) is 4.74 Å². The molecular weight excluding hydrogens is 224 g/mol. The van der Waals surface area contributed by atoms with Gasteiger partial charge in [0.05, 0.1) is 12.8 Å². The Hall–Kier alpha value is -2.16. The molecule has 0 bridgehead atoms. The summed E-state index contributed by atoms with van der Waals surface area (Å²) in [6.45, 7) is 2.13. The van der Waals surface area contributed by atoms with Crippen LogP contribution in [0.4, 0.5) is 0 Å². The van der Waals surface area contributed by atoms with Gasteiger partial charge in [-0.2, -0.15) is 0 Å². The Kier molecular flexibility index (Phi) is 4.07. The van der Waals surface area contributed by atoms with Gasteiger partial charge in [-0.25, -0.2) is 9.97 Å². The molecule has 92 valence electrons. The first-order valence-corrected chi connectivity index (χ1v) is 5.94. The maximum atomic E-state index is 5.39. The highest BCUT2D eigenvalue weighted by molar-refractivity contribution is 5.71. The van der Waals surface area contributed by atoms with Gasteiger partial charge < -0.3 is 4.74 Å². The molecule has 0 atom stereocenters. The molecule has 0 aliphatic rings. The van der Waals surface area contributed by atoms with Crippen LogP contribution in [-0.2, 0) is 6.42 Å². The Balaban J connectivity index is 2.26. The fraction of sp³-hybridized carbons (Fsp3) is 0.200. The average Bonchev–Trinajstić information content (AvgIpc) is 2.46. The topological polar surface area (TPSA) is 35.0 Å². The zero-order valence-electron chi connectivity index (χ0n) is 10.6. The van der Waals surface area contributed by atoms with Gasteiger partial charge in [-0.15, -0.1) is 0 Å². The Morgan fingerprint density at radius 2 is 2.11 bits per heavy atom. The number of nitrogens with zero attached hydrogens (tertiary/aromatic N) is 2. The largest absolute Gasteiger partial charge is 0.496 e. The monoisotopic (exact) mass is 240 g/mol. The van der Waals surface area contributed by atoms with Crippen molar-refractivity contribution in [2.24, 2.45) is 0 Å². The Morgan fingerprint density at radius 3 is 2.78 bits per heavy atom. The molecule has 1 aromatic heterocycles. The van der Waals surface area contributed by atoms with Gasteiger partial charge in [0.2, 0.25) is 0 Å². The van der Waals surface area contributed by atoms with Crippen LogP contribution in [0.1, 0.15) is 23.7 Å². The summed E-state index contributed by atoms with van der Waals surface area (Å²) in [5, 5.41) is 0. The van der Waals surface area contributed by atoms with E-state index in [0.717, 1.165) is 23.4 Å². The molecule has 0 aliphatic heterocycles. The van der Waals surface area contributed by atoms with Crippen molar-refractivity contribution in [3.8, 4) is 5.75 Å². The second-order valence-electron chi connectivity index (χ2n) is 3.90. The van der Waals surface area contributed by atoms with Gasteiger partial charge in [-0.05, 0) is 36.3 Å². The van der Waals surface area contributed by atoms with E-state index in [1.54, 1.807) is 13.3 Å². The molecule has 0 spiro atoms. The lowest BCUT2D eigenvalue weighted by Gasteiger charge is -2.06. The van der Waals surface area contributed by atoms with Crippen molar-refractivity contribution < 1.29 is 4.74 Å². The Morgan fingerprint density at radius 1 is 1.22 bits per heavy atom. The van der Waals surface area contributed by atoms with Crippen molar-refractivity contribution >= 4 is 12.2 Å². The van der Waals surface area contributed by atoms with Crippen LogP contribution in [0.15, 0.2) is 36.8 Å². The van der Waals surface area contributed by atoms with Crippen LogP contribution in [0.5, 0.6) is 5.75 Å². The number of ether oxygens (including phenoxy) is 1. The molecule has 0 unspecified atom stereocenters. The molecule has 0 fully saturated rings. The highest BCUT2D eigenvalue weighted by atomic mass is 16.5. The molecule has 2 rings (SSSR count). The third-order valence-corrected chi connectivity index (χ3v) is 2.74. The summed E-state index contributed by atoms with van der Waals surface area (Å²) >= 11 is 0. The summed E-state index contributed by atoms with van der Waals surface area (Å²) < 4.78 is 5.39. The normalized spacial score (nSPS) is 10.8. The van der Waals surface area contributed by atoms with E-state index >= 15 is 0 Å². The first-order chi connectivity index (χ1) is 8.83. The lowest BCUT2D eigenvalue weighted by molar-refractivity contribution is 0.413. The molecule has 0 radical (unpaired) electrons. The first-order valence-electron chi connectivity index (χ1n) is 5.94. The van der Waals surface area contributed by atoms with E-state index in [-0.39, 0.29) is 0 Å². The van der Waals surface area contributed by atoms with E-state index in [0.29, 0.717) is 0 Å². The SMILES string of the molecule is CCc1ccc(/C=C/c2ccncn2)c(OC)c1. The smallest absolute Gasteiger partial charge is 0.126 e. The molecule has 3 heteroatoms. The highest BCUT2D eigenvalue weighted by Crippen LogP contribution is 2.22. The van der Waals surface area contributed by atoms with Crippen LogP contribution in [0, 0.1) is 0 Å². The number of hydrogen-bond donors (Lipinski definition) is 0. The van der Waals surface area contributed by atoms with Crippen LogP contribution in [0.25, 0.3) is 12.2 Å². The number of aryl methyl sites for hydroxylation is 1. The van der Waals surface area contributed by atoms with Crippen molar-refractivity contribution in [2.45, 2.75) is 13.3 Å². The van der Waals surface area contributed by atoms with Crippen LogP contribution in [0.3, 0.4) is 0 Å². The molecule has 0 amide bonds. The Bertz CT molecular complexity index is 535. The van der Waals surface area contributed by atoms with E-state index in [1.165, 1.54) is 11.9 Å². The second-order valence-corrected chi connectivity index (χ2v) is 3.90. The summed E-state index contributed by atoms with van der Waals surface area (Å²) in [5.74, 6) is 0.889. The molecule has 1 aromatic carbocycles. The van der Waals surface area contributed by atoms with Crippen LogP contribution < -0.4 is 4.74 Å². The zero-order chi connectivity index (χ0) is 12.8. The Labute approximate surface area is 107 Å². The summed E-state index contributed by atoms with van der Waals surface area (Å²) in [4.78, 5) is 8.03. The number of benzene rings is 1. The predicted octanol–water partition coefficient (Wildman–Crippen LogP) is 3.22. The van der Waals surface area contributed by atoms with Crippen molar-refractivity contribution in [3.63, 3.8) is 0 Å². The average molecular weight is 240 g/mol. The summed E-state index contributed by atoms with van der Waals surface area (Å²) in [5.41, 5.74) is 3.20. The van der Waals surface area contributed by atoms with E-state index in [2.05, 4.69) is 35.1 Å². The molecule has 0 N–H and O–H groups in total. The van der Waals surface area contributed by atoms with E-state index < -0.39 is 0 Å². The quantitative estimate of drug-likeness (QED) is 0.823. The van der Waals surface area contributed by atoms with Crippen LogP contribution >= 0.6 is 0 Å². The number of hydrogen-bond acceptors (Lipinski definition) is 3. The standard InChI is InChI=1S/C15H16N2O/c1-3-12-4-5-13(15(10-12)18-2)6-7-14-8-9-16-11-17-14/h4-11H,3H2,1-2H3/b7-6+. The predicted molar refractivity (Wildman–Crippen MR) is 73.3 cm³/mol. The van der Waals surface area contributed by atoms with E-state index in [1.807, 2.05) is 18.2 Å². The molecular formula is C15H16N2O. The van der Waals surface area contributed by atoms with Gasteiger partial charge in [0, 0.05) is 11.8 Å². The molecule has 0 saturated heterocycles. The molecule has 0 aliphatic carbocycles. The highest BCUT2D eigenvalue weighted by Gasteiger charge is 2.00. The minimum atomic E-state index is 0.881. The lowest BCUT2D eigenvalue weighted by Crippen LogP contribution is -1.89. The fourth-order valence-electron chi connectivity index (χ4n) is 1.69. The summed E-state index contributed by atoms with van der Waals surface area (Å²) in [6.07, 6.45) is 8.22. The third-order valence-electron chi connectivity index (χ3n) is 2.74. The summed E-state index contributed by atoms with van der Waals surface area (Å²) in [6, 6.07) is 8.11. The maximum absolute atomic E-state index is 5.39. The third kappa shape index (κ3) is 2.94. The minimum Gasteiger partial charge on any atom is -0.496 e. The van der Waals surface area contributed by atoms with Crippen LogP contribution in [0.2, 0.25) is 0 Å². The number of rotatable bonds is 4. The van der Waals surface area contributed by atoms with Crippen molar-refractivity contribution in [1.29, 1.82) is 0 Å². The van der Waals surface area contributed by atoms with E-state index in [9.17, 15) is 0 Å². The summed E-state index contributed by atoms with van der Waals surface area (Å²) in [7, 11) is 1.69. The van der Waals surface area contributed by atoms with Gasteiger partial charge in [-0.1, -0.05) is 19.1 Å². The first kappa shape index (κ1) is 12.3. The van der Waals surface area contributed by atoms with Crippen molar-refractivity contribution in [2.75, 3.05) is 7.11 Å². The molecule has 3 nitrogen and oxygen atoms in total. The molecule has 1 heterocycles. The van der Waals surface area contributed by atoms with Crippen LogP contribution in [-0.4, -0.2) is 17.1 Å². The zero-order valence-corrected chi connectivity index (χ0v) is 10.6. The lowest BCUT2D eigenvalue weighted by atomic mass is 10.1. The maximum Gasteiger partial charge on any atom is 0.126 e. The number of aromatic nitrogens is 2. The van der Waals surface area contributed by atoms with Gasteiger partial charge in [0.25, 0.3) is 0 Å².